The molecule has 15 heavy (non-hydrogen) atoms. The minimum atomic E-state index is -4.23. The molecule has 92 valence electrons. The molecule has 0 heterocycles. The first-order valence-electron chi connectivity index (χ1n) is 5.32. The summed E-state index contributed by atoms with van der Waals surface area (Å²) >= 11 is 0. The lowest BCUT2D eigenvalue weighted by Gasteiger charge is -2.14. The standard InChI is InChI=1S/C9H22O4SSi/c1-15(2,3)9-7-5-4-6-8-13-14(10,11)12/h4-9H2,1-3H3,(H,10,11,12). The van der Waals surface area contributed by atoms with Gasteiger partial charge in [-0.05, 0) is 6.42 Å². The molecule has 0 amide bonds. The van der Waals surface area contributed by atoms with Gasteiger partial charge in [0, 0.05) is 8.07 Å². The average molecular weight is 254 g/mol. The molecule has 4 nitrogen and oxygen atoms in total. The maximum atomic E-state index is 10.2. The fraction of sp³-hybridized carbons (Fsp3) is 1.00. The van der Waals surface area contributed by atoms with E-state index < -0.39 is 18.5 Å². The molecule has 0 aromatic rings. The summed E-state index contributed by atoms with van der Waals surface area (Å²) in [6.07, 6.45) is 3.96. The van der Waals surface area contributed by atoms with Crippen LogP contribution in [0.25, 0.3) is 0 Å². The van der Waals surface area contributed by atoms with Gasteiger partial charge in [0.1, 0.15) is 0 Å². The number of unbranched alkanes of at least 4 members (excludes halogenated alkanes) is 3. The molecule has 0 saturated carbocycles. The van der Waals surface area contributed by atoms with Crippen LogP contribution in [0.2, 0.25) is 25.7 Å². The van der Waals surface area contributed by atoms with Crippen molar-refractivity contribution in [2.24, 2.45) is 0 Å². The summed E-state index contributed by atoms with van der Waals surface area (Å²) in [4.78, 5) is 0. The van der Waals surface area contributed by atoms with Crippen LogP contribution in [0, 0.1) is 0 Å². The van der Waals surface area contributed by atoms with Gasteiger partial charge in [0.2, 0.25) is 0 Å². The average Bonchev–Trinajstić information content (AvgIpc) is 1.98. The fourth-order valence-electron chi connectivity index (χ4n) is 1.28. The van der Waals surface area contributed by atoms with Crippen molar-refractivity contribution in [2.75, 3.05) is 6.61 Å². The molecular formula is C9H22O4SSi. The Morgan fingerprint density at radius 3 is 2.07 bits per heavy atom. The van der Waals surface area contributed by atoms with Gasteiger partial charge in [-0.3, -0.25) is 4.55 Å². The number of hydrogen-bond acceptors (Lipinski definition) is 3. The van der Waals surface area contributed by atoms with Crippen molar-refractivity contribution in [3.8, 4) is 0 Å². The molecule has 0 spiro atoms. The van der Waals surface area contributed by atoms with Crippen LogP contribution in [-0.4, -0.2) is 27.7 Å². The van der Waals surface area contributed by atoms with Crippen LogP contribution in [-0.2, 0) is 14.6 Å². The zero-order valence-corrected chi connectivity index (χ0v) is 11.6. The predicted molar refractivity (Wildman–Crippen MR) is 64.1 cm³/mol. The maximum Gasteiger partial charge on any atom is 0.397 e. The third kappa shape index (κ3) is 14.1. The summed E-state index contributed by atoms with van der Waals surface area (Å²) < 4.78 is 32.9. The molecule has 0 aliphatic rings. The van der Waals surface area contributed by atoms with E-state index in [2.05, 4.69) is 23.8 Å². The minimum absolute atomic E-state index is 0.0891. The van der Waals surface area contributed by atoms with Crippen LogP contribution in [0.15, 0.2) is 0 Å². The van der Waals surface area contributed by atoms with Crippen molar-refractivity contribution < 1.29 is 17.2 Å². The van der Waals surface area contributed by atoms with Gasteiger partial charge in [-0.25, -0.2) is 4.18 Å². The minimum Gasteiger partial charge on any atom is -0.264 e. The van der Waals surface area contributed by atoms with E-state index in [1.165, 1.54) is 12.5 Å². The third-order valence-electron chi connectivity index (χ3n) is 2.05. The van der Waals surface area contributed by atoms with E-state index in [1.807, 2.05) is 0 Å². The summed E-state index contributed by atoms with van der Waals surface area (Å²) in [6.45, 7) is 7.11. The molecule has 1 N–H and O–H groups in total. The van der Waals surface area contributed by atoms with Gasteiger partial charge >= 0.3 is 10.4 Å². The van der Waals surface area contributed by atoms with Crippen LogP contribution in [0.5, 0.6) is 0 Å². The predicted octanol–water partition coefficient (Wildman–Crippen LogP) is 2.70. The van der Waals surface area contributed by atoms with Gasteiger partial charge < -0.3 is 0 Å². The summed E-state index contributed by atoms with van der Waals surface area (Å²) in [5.41, 5.74) is 0. The van der Waals surface area contributed by atoms with Gasteiger partial charge in [0.25, 0.3) is 0 Å². The molecule has 0 aliphatic heterocycles. The number of rotatable bonds is 8. The summed E-state index contributed by atoms with van der Waals surface area (Å²) in [6, 6.07) is 1.31. The van der Waals surface area contributed by atoms with Crippen LogP contribution >= 0.6 is 0 Å². The quantitative estimate of drug-likeness (QED) is 0.411. The smallest absolute Gasteiger partial charge is 0.264 e. The first-order chi connectivity index (χ1) is 6.71. The molecule has 0 aromatic heterocycles. The van der Waals surface area contributed by atoms with Crippen molar-refractivity contribution in [2.45, 2.75) is 51.4 Å². The van der Waals surface area contributed by atoms with Crippen molar-refractivity contribution in [3.05, 3.63) is 0 Å². The third-order valence-corrected chi connectivity index (χ3v) is 4.37. The van der Waals surface area contributed by atoms with Crippen molar-refractivity contribution in [1.82, 2.24) is 0 Å². The Balaban J connectivity index is 3.27. The lowest BCUT2D eigenvalue weighted by molar-refractivity contribution is 0.261. The zero-order valence-electron chi connectivity index (χ0n) is 9.82. The van der Waals surface area contributed by atoms with Crippen LogP contribution in [0.1, 0.15) is 25.7 Å². The van der Waals surface area contributed by atoms with E-state index in [0.717, 1.165) is 12.8 Å². The molecule has 0 saturated heterocycles. The monoisotopic (exact) mass is 254 g/mol. The van der Waals surface area contributed by atoms with Crippen molar-refractivity contribution in [1.29, 1.82) is 0 Å². The first-order valence-corrected chi connectivity index (χ1v) is 10.4. The number of hydrogen-bond donors (Lipinski definition) is 1. The molecular weight excluding hydrogens is 232 g/mol. The molecule has 6 heteroatoms. The maximum absolute atomic E-state index is 10.2. The zero-order chi connectivity index (χ0) is 11.9. The van der Waals surface area contributed by atoms with Gasteiger partial charge in [0.05, 0.1) is 6.61 Å². The second-order valence-electron chi connectivity index (χ2n) is 4.97. The molecule has 0 rings (SSSR count). The highest BCUT2D eigenvalue weighted by Gasteiger charge is 2.11. The second kappa shape index (κ2) is 6.62. The topological polar surface area (TPSA) is 63.6 Å². The molecule has 0 aromatic carbocycles. The fourth-order valence-corrected chi connectivity index (χ4v) is 2.91. The highest BCUT2D eigenvalue weighted by molar-refractivity contribution is 7.80. The van der Waals surface area contributed by atoms with E-state index in [4.69, 9.17) is 4.55 Å². The van der Waals surface area contributed by atoms with Gasteiger partial charge in [0.15, 0.2) is 0 Å². The van der Waals surface area contributed by atoms with E-state index in [9.17, 15) is 8.42 Å². The van der Waals surface area contributed by atoms with E-state index in [1.54, 1.807) is 0 Å². The van der Waals surface area contributed by atoms with Gasteiger partial charge in [-0.15, -0.1) is 0 Å². The Morgan fingerprint density at radius 2 is 1.60 bits per heavy atom. The van der Waals surface area contributed by atoms with Gasteiger partial charge in [-0.1, -0.05) is 44.9 Å². The Labute approximate surface area is 94.0 Å². The van der Waals surface area contributed by atoms with Crippen molar-refractivity contribution in [3.63, 3.8) is 0 Å². The van der Waals surface area contributed by atoms with Gasteiger partial charge in [-0.2, -0.15) is 8.42 Å². The SMILES string of the molecule is C[Si](C)(C)CCCCCCOS(=O)(=O)O. The highest BCUT2D eigenvalue weighted by Crippen LogP contribution is 2.14. The summed E-state index contributed by atoms with van der Waals surface area (Å²) in [7, 11) is -5.16. The second-order valence-corrected chi connectivity index (χ2v) is 11.7. The molecule has 0 radical (unpaired) electrons. The molecule has 0 unspecified atom stereocenters. The van der Waals surface area contributed by atoms with E-state index in [0.29, 0.717) is 6.42 Å². The lowest BCUT2D eigenvalue weighted by atomic mass is 10.2. The molecule has 0 bridgehead atoms. The Morgan fingerprint density at radius 1 is 1.07 bits per heavy atom. The van der Waals surface area contributed by atoms with Crippen LogP contribution in [0.4, 0.5) is 0 Å². The lowest BCUT2D eigenvalue weighted by Crippen LogP contribution is -2.18. The van der Waals surface area contributed by atoms with Crippen LogP contribution in [0.3, 0.4) is 0 Å². The Kier molecular flexibility index (Phi) is 6.66. The van der Waals surface area contributed by atoms with E-state index >= 15 is 0 Å². The highest BCUT2D eigenvalue weighted by atomic mass is 32.3. The van der Waals surface area contributed by atoms with Crippen LogP contribution < -0.4 is 0 Å². The largest absolute Gasteiger partial charge is 0.397 e. The summed E-state index contributed by atoms with van der Waals surface area (Å²) in [5, 5.41) is 0. The normalized spacial score (nSPS) is 13.1. The first kappa shape index (κ1) is 15.1. The van der Waals surface area contributed by atoms with E-state index in [-0.39, 0.29) is 6.61 Å². The molecule has 0 aliphatic carbocycles. The molecule has 0 fully saturated rings. The Hall–Kier alpha value is 0.0869. The Bertz CT molecular complexity index is 256. The van der Waals surface area contributed by atoms with Crippen molar-refractivity contribution >= 4 is 18.5 Å². The summed E-state index contributed by atoms with van der Waals surface area (Å²) in [5.74, 6) is 0. The molecule has 0 atom stereocenters.